The molecule has 1 aromatic carbocycles. The Morgan fingerprint density at radius 2 is 2.20 bits per heavy atom. The van der Waals surface area contributed by atoms with Crippen LogP contribution in [0.3, 0.4) is 0 Å². The largest absolute Gasteiger partial charge is 0.497 e. The molecule has 0 amide bonds. The Hall–Kier alpha value is -2.03. The van der Waals surface area contributed by atoms with Crippen molar-refractivity contribution < 1.29 is 14.6 Å². The zero-order chi connectivity index (χ0) is 11.1. The number of hydrogen-bond acceptors (Lipinski definition) is 2. The van der Waals surface area contributed by atoms with Gasteiger partial charge in [0.25, 0.3) is 0 Å². The zero-order valence-corrected chi connectivity index (χ0v) is 8.38. The molecule has 3 nitrogen and oxygen atoms in total. The van der Waals surface area contributed by atoms with E-state index in [2.05, 4.69) is 0 Å². The normalized spacial score (nSPS) is 11.0. The summed E-state index contributed by atoms with van der Waals surface area (Å²) in [6.07, 6.45) is 6.03. The molecule has 0 fully saturated rings. The molecular formula is C12H12O3. The molecule has 0 aliphatic rings. The van der Waals surface area contributed by atoms with Crippen LogP contribution in [0.1, 0.15) is 5.56 Å². The molecule has 0 saturated heterocycles. The maximum absolute atomic E-state index is 10.2. The van der Waals surface area contributed by atoms with Crippen molar-refractivity contribution in [1.29, 1.82) is 0 Å². The summed E-state index contributed by atoms with van der Waals surface area (Å²) in [6.45, 7) is 0. The van der Waals surface area contributed by atoms with E-state index < -0.39 is 5.97 Å². The molecule has 3 heteroatoms. The number of carbonyl (C=O) groups is 1. The summed E-state index contributed by atoms with van der Waals surface area (Å²) in [6, 6.07) is 7.50. The Labute approximate surface area is 88.3 Å². The van der Waals surface area contributed by atoms with Gasteiger partial charge >= 0.3 is 5.97 Å². The Morgan fingerprint density at radius 1 is 1.40 bits per heavy atom. The van der Waals surface area contributed by atoms with Crippen LogP contribution in [0.5, 0.6) is 5.75 Å². The van der Waals surface area contributed by atoms with E-state index in [-0.39, 0.29) is 0 Å². The van der Waals surface area contributed by atoms with Crippen LogP contribution in [0, 0.1) is 0 Å². The second-order valence-electron chi connectivity index (χ2n) is 2.83. The lowest BCUT2D eigenvalue weighted by Gasteiger charge is -1.99. The van der Waals surface area contributed by atoms with Crippen LogP contribution in [-0.4, -0.2) is 18.2 Å². The quantitative estimate of drug-likeness (QED) is 0.605. The topological polar surface area (TPSA) is 46.5 Å². The molecule has 0 aliphatic heterocycles. The Kier molecular flexibility index (Phi) is 4.16. The summed E-state index contributed by atoms with van der Waals surface area (Å²) in [7, 11) is 1.60. The van der Waals surface area contributed by atoms with Crippen LogP contribution in [0.25, 0.3) is 6.08 Å². The van der Waals surface area contributed by atoms with Gasteiger partial charge in [-0.05, 0) is 17.7 Å². The number of ether oxygens (including phenoxy) is 1. The van der Waals surface area contributed by atoms with E-state index in [1.807, 2.05) is 30.3 Å². The van der Waals surface area contributed by atoms with Crippen molar-refractivity contribution in [3.8, 4) is 5.75 Å². The van der Waals surface area contributed by atoms with E-state index >= 15 is 0 Å². The number of methoxy groups -OCH3 is 1. The average molecular weight is 204 g/mol. The summed E-state index contributed by atoms with van der Waals surface area (Å²) in [5.74, 6) is -0.176. The number of hydrogen-bond donors (Lipinski definition) is 1. The molecule has 1 N–H and O–H groups in total. The predicted molar refractivity (Wildman–Crippen MR) is 58.8 cm³/mol. The van der Waals surface area contributed by atoms with Crippen molar-refractivity contribution in [2.24, 2.45) is 0 Å². The van der Waals surface area contributed by atoms with Gasteiger partial charge in [0.2, 0.25) is 0 Å². The summed E-state index contributed by atoms with van der Waals surface area (Å²) in [5.41, 5.74) is 0.962. The second kappa shape index (κ2) is 5.65. The van der Waals surface area contributed by atoms with Crippen molar-refractivity contribution in [2.75, 3.05) is 7.11 Å². The minimum atomic E-state index is -0.953. The molecular weight excluding hydrogens is 192 g/mol. The third kappa shape index (κ3) is 4.13. The highest BCUT2D eigenvalue weighted by Crippen LogP contribution is 2.13. The highest BCUT2D eigenvalue weighted by Gasteiger charge is 1.90. The van der Waals surface area contributed by atoms with E-state index in [4.69, 9.17) is 9.84 Å². The first-order chi connectivity index (χ1) is 7.22. The van der Waals surface area contributed by atoms with Gasteiger partial charge < -0.3 is 9.84 Å². The van der Waals surface area contributed by atoms with Gasteiger partial charge in [-0.2, -0.15) is 0 Å². The fourth-order valence-corrected chi connectivity index (χ4v) is 1.05. The van der Waals surface area contributed by atoms with Crippen LogP contribution in [0.4, 0.5) is 0 Å². The van der Waals surface area contributed by atoms with Crippen LogP contribution < -0.4 is 4.74 Å². The van der Waals surface area contributed by atoms with Crippen LogP contribution >= 0.6 is 0 Å². The van der Waals surface area contributed by atoms with Gasteiger partial charge in [0, 0.05) is 6.08 Å². The summed E-state index contributed by atoms with van der Waals surface area (Å²) in [5, 5.41) is 8.35. The molecule has 0 unspecified atom stereocenters. The maximum atomic E-state index is 10.2. The smallest absolute Gasteiger partial charge is 0.328 e. The van der Waals surface area contributed by atoms with Gasteiger partial charge in [-0.15, -0.1) is 0 Å². The monoisotopic (exact) mass is 204 g/mol. The van der Waals surface area contributed by atoms with E-state index in [1.54, 1.807) is 13.2 Å². The number of carboxylic acid groups (broad SMARTS) is 1. The minimum Gasteiger partial charge on any atom is -0.497 e. The fraction of sp³-hybridized carbons (Fsp3) is 0.0833. The molecule has 78 valence electrons. The molecule has 0 spiro atoms. The molecule has 0 aromatic heterocycles. The lowest BCUT2D eigenvalue weighted by molar-refractivity contribution is -0.131. The summed E-state index contributed by atoms with van der Waals surface area (Å²) < 4.78 is 5.05. The van der Waals surface area contributed by atoms with Gasteiger partial charge in [0.1, 0.15) is 5.75 Å². The molecule has 0 saturated carbocycles. The van der Waals surface area contributed by atoms with Crippen molar-refractivity contribution in [2.45, 2.75) is 0 Å². The first-order valence-corrected chi connectivity index (χ1v) is 4.44. The maximum Gasteiger partial charge on any atom is 0.328 e. The molecule has 0 bridgehead atoms. The third-order valence-electron chi connectivity index (χ3n) is 1.73. The highest BCUT2D eigenvalue weighted by molar-refractivity contribution is 5.80. The first kappa shape index (κ1) is 11.0. The number of benzene rings is 1. The second-order valence-corrected chi connectivity index (χ2v) is 2.83. The molecule has 0 atom stereocenters. The van der Waals surface area contributed by atoms with Crippen molar-refractivity contribution in [1.82, 2.24) is 0 Å². The SMILES string of the molecule is COc1cccc(C=CC=CC(=O)O)c1. The number of carboxylic acids is 1. The lowest BCUT2D eigenvalue weighted by atomic mass is 10.2. The molecule has 0 heterocycles. The predicted octanol–water partition coefficient (Wildman–Crippen LogP) is 2.35. The van der Waals surface area contributed by atoms with E-state index in [0.717, 1.165) is 17.4 Å². The molecule has 0 radical (unpaired) electrons. The third-order valence-corrected chi connectivity index (χ3v) is 1.73. The minimum absolute atomic E-state index is 0.777. The molecule has 1 rings (SSSR count). The van der Waals surface area contributed by atoms with Crippen LogP contribution in [0.15, 0.2) is 42.5 Å². The van der Waals surface area contributed by atoms with E-state index in [9.17, 15) is 4.79 Å². The standard InChI is InChI=1S/C12H12O3/c1-15-11-7-4-6-10(9-11)5-2-3-8-12(13)14/h2-9H,1H3,(H,13,14). The Morgan fingerprint density at radius 3 is 2.87 bits per heavy atom. The van der Waals surface area contributed by atoms with Crippen molar-refractivity contribution in [3.05, 3.63) is 48.1 Å². The first-order valence-electron chi connectivity index (χ1n) is 4.44. The van der Waals surface area contributed by atoms with Crippen molar-refractivity contribution >= 4 is 12.0 Å². The van der Waals surface area contributed by atoms with Gasteiger partial charge in [0.15, 0.2) is 0 Å². The Balaban J connectivity index is 2.67. The van der Waals surface area contributed by atoms with E-state index in [1.165, 1.54) is 6.08 Å². The van der Waals surface area contributed by atoms with Crippen LogP contribution in [-0.2, 0) is 4.79 Å². The fourth-order valence-electron chi connectivity index (χ4n) is 1.05. The summed E-state index contributed by atoms with van der Waals surface area (Å²) >= 11 is 0. The van der Waals surface area contributed by atoms with Gasteiger partial charge in [-0.3, -0.25) is 0 Å². The number of allylic oxidation sites excluding steroid dienone is 2. The zero-order valence-electron chi connectivity index (χ0n) is 8.38. The Bertz CT molecular complexity index is 392. The van der Waals surface area contributed by atoms with E-state index in [0.29, 0.717) is 0 Å². The molecule has 15 heavy (non-hydrogen) atoms. The van der Waals surface area contributed by atoms with Gasteiger partial charge in [-0.1, -0.05) is 30.4 Å². The lowest BCUT2D eigenvalue weighted by Crippen LogP contribution is -1.84. The van der Waals surface area contributed by atoms with Gasteiger partial charge in [-0.25, -0.2) is 4.79 Å². The number of aliphatic carboxylic acids is 1. The number of rotatable bonds is 4. The van der Waals surface area contributed by atoms with Gasteiger partial charge in [0.05, 0.1) is 7.11 Å². The van der Waals surface area contributed by atoms with Crippen molar-refractivity contribution in [3.63, 3.8) is 0 Å². The highest BCUT2D eigenvalue weighted by atomic mass is 16.5. The van der Waals surface area contributed by atoms with Crippen LogP contribution in [0.2, 0.25) is 0 Å². The summed E-state index contributed by atoms with van der Waals surface area (Å²) in [4.78, 5) is 10.2. The average Bonchev–Trinajstić information content (AvgIpc) is 2.24. The molecule has 1 aromatic rings. The molecule has 0 aliphatic carbocycles.